The summed E-state index contributed by atoms with van der Waals surface area (Å²) in [5.74, 6) is 0. The Morgan fingerprint density at radius 1 is 1.19 bits per heavy atom. The second-order valence-electron chi connectivity index (χ2n) is 4.30. The predicted molar refractivity (Wildman–Crippen MR) is 67.2 cm³/mol. The van der Waals surface area contributed by atoms with Crippen molar-refractivity contribution in [3.8, 4) is 11.1 Å². The predicted octanol–water partition coefficient (Wildman–Crippen LogP) is 3.02. The molecule has 1 aromatic heterocycles. The van der Waals surface area contributed by atoms with Crippen LogP contribution in [0, 0.1) is 6.92 Å². The third-order valence-corrected chi connectivity index (χ3v) is 2.76. The number of aromatic nitrogens is 2. The molecule has 16 heavy (non-hydrogen) atoms. The highest BCUT2D eigenvalue weighted by molar-refractivity contribution is 5.67. The first-order chi connectivity index (χ1) is 7.59. The van der Waals surface area contributed by atoms with E-state index in [9.17, 15) is 0 Å². The zero-order chi connectivity index (χ0) is 11.7. The maximum absolute atomic E-state index is 5.68. The number of nitrogen functional groups attached to an aromatic ring is 1. The summed E-state index contributed by atoms with van der Waals surface area (Å²) in [6.45, 7) is 6.36. The Kier molecular flexibility index (Phi) is 2.69. The Morgan fingerprint density at radius 3 is 2.31 bits per heavy atom. The van der Waals surface area contributed by atoms with Crippen LogP contribution in [0.25, 0.3) is 11.1 Å². The van der Waals surface area contributed by atoms with E-state index in [1.54, 1.807) is 0 Å². The Hall–Kier alpha value is -1.77. The summed E-state index contributed by atoms with van der Waals surface area (Å²) in [6.07, 6.45) is 1.92. The lowest BCUT2D eigenvalue weighted by atomic mass is 10.1. The minimum Gasteiger partial charge on any atom is -0.399 e. The molecule has 0 saturated heterocycles. The highest BCUT2D eigenvalue weighted by Crippen LogP contribution is 2.25. The van der Waals surface area contributed by atoms with Crippen molar-refractivity contribution in [1.82, 2.24) is 9.78 Å². The summed E-state index contributed by atoms with van der Waals surface area (Å²) in [5, 5.41) is 4.40. The Labute approximate surface area is 95.9 Å². The van der Waals surface area contributed by atoms with Crippen molar-refractivity contribution in [3.05, 3.63) is 36.2 Å². The van der Waals surface area contributed by atoms with Gasteiger partial charge in [0.1, 0.15) is 0 Å². The van der Waals surface area contributed by atoms with Gasteiger partial charge in [-0.05, 0) is 38.5 Å². The summed E-state index contributed by atoms with van der Waals surface area (Å²) in [6, 6.07) is 8.29. The highest BCUT2D eigenvalue weighted by Gasteiger charge is 2.09. The molecule has 0 amide bonds. The van der Waals surface area contributed by atoms with Crippen LogP contribution >= 0.6 is 0 Å². The molecule has 2 N–H and O–H groups in total. The average Bonchev–Trinajstić information content (AvgIpc) is 2.61. The summed E-state index contributed by atoms with van der Waals surface area (Å²) in [4.78, 5) is 0. The normalized spacial score (nSPS) is 11.0. The van der Waals surface area contributed by atoms with Crippen LogP contribution in [0.3, 0.4) is 0 Å². The standard InChI is InChI=1S/C13H17N3/c1-9(2)16-10(3)13(8-15-16)11-4-6-12(14)7-5-11/h4-9H,14H2,1-3H3. The van der Waals surface area contributed by atoms with E-state index in [1.165, 1.54) is 16.8 Å². The fraction of sp³-hybridized carbons (Fsp3) is 0.308. The van der Waals surface area contributed by atoms with Crippen LogP contribution < -0.4 is 5.73 Å². The monoisotopic (exact) mass is 215 g/mol. The van der Waals surface area contributed by atoms with E-state index in [0.717, 1.165) is 5.69 Å². The molecular weight excluding hydrogens is 198 g/mol. The van der Waals surface area contributed by atoms with Crippen molar-refractivity contribution in [3.63, 3.8) is 0 Å². The number of nitrogens with two attached hydrogens (primary N) is 1. The average molecular weight is 215 g/mol. The van der Waals surface area contributed by atoms with Gasteiger partial charge in [0.15, 0.2) is 0 Å². The van der Waals surface area contributed by atoms with E-state index in [4.69, 9.17) is 5.73 Å². The van der Waals surface area contributed by atoms with Gasteiger partial charge in [0.2, 0.25) is 0 Å². The van der Waals surface area contributed by atoms with Crippen molar-refractivity contribution >= 4 is 5.69 Å². The molecule has 0 spiro atoms. The molecule has 0 atom stereocenters. The fourth-order valence-electron chi connectivity index (χ4n) is 1.89. The molecular formula is C13H17N3. The van der Waals surface area contributed by atoms with Gasteiger partial charge in [-0.1, -0.05) is 12.1 Å². The number of benzene rings is 1. The van der Waals surface area contributed by atoms with E-state index >= 15 is 0 Å². The zero-order valence-electron chi connectivity index (χ0n) is 9.94. The number of anilines is 1. The molecule has 84 valence electrons. The second-order valence-corrected chi connectivity index (χ2v) is 4.30. The lowest BCUT2D eigenvalue weighted by molar-refractivity contribution is 0.519. The molecule has 2 aromatic rings. The molecule has 1 aromatic carbocycles. The molecule has 3 nitrogen and oxygen atoms in total. The van der Waals surface area contributed by atoms with Crippen LogP contribution in [0.1, 0.15) is 25.6 Å². The molecule has 0 aliphatic carbocycles. The van der Waals surface area contributed by atoms with Crippen LogP contribution in [-0.4, -0.2) is 9.78 Å². The van der Waals surface area contributed by atoms with Crippen molar-refractivity contribution in [1.29, 1.82) is 0 Å². The van der Waals surface area contributed by atoms with E-state index in [-0.39, 0.29) is 0 Å². The third kappa shape index (κ3) is 1.81. The topological polar surface area (TPSA) is 43.8 Å². The largest absolute Gasteiger partial charge is 0.399 e. The smallest absolute Gasteiger partial charge is 0.0571 e. The molecule has 2 rings (SSSR count). The molecule has 0 unspecified atom stereocenters. The van der Waals surface area contributed by atoms with Crippen LogP contribution in [0.15, 0.2) is 30.5 Å². The third-order valence-electron chi connectivity index (χ3n) is 2.76. The van der Waals surface area contributed by atoms with E-state index < -0.39 is 0 Å². The van der Waals surface area contributed by atoms with Crippen LogP contribution in [0.5, 0.6) is 0 Å². The van der Waals surface area contributed by atoms with Gasteiger partial charge in [0.05, 0.1) is 6.20 Å². The lowest BCUT2D eigenvalue weighted by Crippen LogP contribution is -2.04. The Balaban J connectivity index is 2.45. The first kappa shape index (κ1) is 10.7. The van der Waals surface area contributed by atoms with Crippen LogP contribution in [0.4, 0.5) is 5.69 Å². The fourth-order valence-corrected chi connectivity index (χ4v) is 1.89. The maximum atomic E-state index is 5.68. The summed E-state index contributed by atoms with van der Waals surface area (Å²) >= 11 is 0. The van der Waals surface area contributed by atoms with Crippen molar-refractivity contribution in [2.45, 2.75) is 26.8 Å². The van der Waals surface area contributed by atoms with Crippen molar-refractivity contribution in [2.75, 3.05) is 5.73 Å². The lowest BCUT2D eigenvalue weighted by Gasteiger charge is -2.08. The minimum atomic E-state index is 0.391. The molecule has 0 fully saturated rings. The van der Waals surface area contributed by atoms with E-state index in [0.29, 0.717) is 6.04 Å². The number of rotatable bonds is 2. The van der Waals surface area contributed by atoms with Gasteiger partial charge >= 0.3 is 0 Å². The van der Waals surface area contributed by atoms with Gasteiger partial charge in [-0.15, -0.1) is 0 Å². The van der Waals surface area contributed by atoms with Crippen LogP contribution in [0.2, 0.25) is 0 Å². The second kappa shape index (κ2) is 4.00. The summed E-state index contributed by atoms with van der Waals surface area (Å²) in [5.41, 5.74) is 10.00. The molecule has 0 saturated carbocycles. The van der Waals surface area contributed by atoms with Gasteiger partial charge in [-0.25, -0.2) is 0 Å². The molecule has 0 aliphatic heterocycles. The SMILES string of the molecule is Cc1c(-c2ccc(N)cc2)cnn1C(C)C. The molecule has 0 radical (unpaired) electrons. The molecule has 3 heteroatoms. The van der Waals surface area contributed by atoms with Gasteiger partial charge < -0.3 is 5.73 Å². The van der Waals surface area contributed by atoms with Crippen LogP contribution in [-0.2, 0) is 0 Å². The van der Waals surface area contributed by atoms with Gasteiger partial charge in [-0.2, -0.15) is 5.10 Å². The zero-order valence-corrected chi connectivity index (χ0v) is 9.94. The highest BCUT2D eigenvalue weighted by atomic mass is 15.3. The Bertz CT molecular complexity index is 480. The number of nitrogens with zero attached hydrogens (tertiary/aromatic N) is 2. The van der Waals surface area contributed by atoms with E-state index in [1.807, 2.05) is 35.1 Å². The maximum Gasteiger partial charge on any atom is 0.0571 e. The summed E-state index contributed by atoms with van der Waals surface area (Å²) in [7, 11) is 0. The minimum absolute atomic E-state index is 0.391. The number of hydrogen-bond donors (Lipinski definition) is 1. The van der Waals surface area contributed by atoms with Crippen molar-refractivity contribution in [2.24, 2.45) is 0 Å². The Morgan fingerprint density at radius 2 is 1.81 bits per heavy atom. The summed E-state index contributed by atoms with van der Waals surface area (Å²) < 4.78 is 2.03. The van der Waals surface area contributed by atoms with Gasteiger partial charge in [0.25, 0.3) is 0 Å². The quantitative estimate of drug-likeness (QED) is 0.782. The van der Waals surface area contributed by atoms with Crippen molar-refractivity contribution < 1.29 is 0 Å². The molecule has 0 bridgehead atoms. The first-order valence-corrected chi connectivity index (χ1v) is 5.49. The van der Waals surface area contributed by atoms with Gasteiger partial charge in [0, 0.05) is 23.0 Å². The molecule has 1 heterocycles. The van der Waals surface area contributed by atoms with E-state index in [2.05, 4.69) is 25.9 Å². The number of hydrogen-bond acceptors (Lipinski definition) is 2. The van der Waals surface area contributed by atoms with Gasteiger partial charge in [-0.3, -0.25) is 4.68 Å². The molecule has 0 aliphatic rings. The first-order valence-electron chi connectivity index (χ1n) is 5.49.